The van der Waals surface area contributed by atoms with Crippen LogP contribution in [0.5, 0.6) is 16.7 Å². The number of oxazole rings is 1. The van der Waals surface area contributed by atoms with Crippen molar-refractivity contribution in [1.29, 1.82) is 0 Å². The Morgan fingerprint density at radius 3 is 2.78 bits per heavy atom. The van der Waals surface area contributed by atoms with Crippen molar-refractivity contribution in [3.8, 4) is 28.1 Å². The second-order valence-corrected chi connectivity index (χ2v) is 9.75. The Morgan fingerprint density at radius 2 is 1.97 bits per heavy atom. The summed E-state index contributed by atoms with van der Waals surface area (Å²) in [6.07, 6.45) is 6.08. The second kappa shape index (κ2) is 8.42. The standard InChI is InChI=1S/C24H23N5O6S/c1-30-16-5-19(32-11-13-12-33-22(26-13)28-9-14-3-4-15(10-28)34-14)17-7-21(35-20(17)6-16)18-8-25-23-29(18)27-24(31-2)36-23/h5-8,12,14-15H,3-4,9-11H2,1-2H3. The molecule has 1 aromatic carbocycles. The fourth-order valence-electron chi connectivity index (χ4n) is 4.80. The van der Waals surface area contributed by atoms with Crippen molar-refractivity contribution in [1.82, 2.24) is 19.6 Å². The lowest BCUT2D eigenvalue weighted by molar-refractivity contribution is 0.0288. The maximum atomic E-state index is 6.18. The highest BCUT2D eigenvalue weighted by molar-refractivity contribution is 7.18. The number of nitrogens with zero attached hydrogens (tertiary/aromatic N) is 5. The van der Waals surface area contributed by atoms with Gasteiger partial charge in [-0.25, -0.2) is 4.98 Å². The molecule has 7 rings (SSSR count). The minimum Gasteiger partial charge on any atom is -0.496 e. The van der Waals surface area contributed by atoms with Crippen LogP contribution in [-0.2, 0) is 11.3 Å². The Hall–Kier alpha value is -3.77. The van der Waals surface area contributed by atoms with Crippen LogP contribution < -0.4 is 19.1 Å². The van der Waals surface area contributed by atoms with E-state index >= 15 is 0 Å². The number of morpholine rings is 1. The van der Waals surface area contributed by atoms with E-state index in [1.807, 2.05) is 18.2 Å². The monoisotopic (exact) mass is 509 g/mol. The van der Waals surface area contributed by atoms with Crippen LogP contribution in [0.2, 0.25) is 0 Å². The van der Waals surface area contributed by atoms with Gasteiger partial charge in [0.2, 0.25) is 4.96 Å². The number of furan rings is 1. The smallest absolute Gasteiger partial charge is 0.297 e. The van der Waals surface area contributed by atoms with Gasteiger partial charge in [-0.3, -0.25) is 0 Å². The molecule has 0 aliphatic carbocycles. The maximum absolute atomic E-state index is 6.18. The number of anilines is 1. The van der Waals surface area contributed by atoms with Crippen LogP contribution in [-0.4, -0.2) is 59.1 Å². The number of methoxy groups -OCH3 is 2. The summed E-state index contributed by atoms with van der Waals surface area (Å²) in [4.78, 5) is 11.9. The average molecular weight is 510 g/mol. The molecule has 186 valence electrons. The first-order chi connectivity index (χ1) is 17.7. The zero-order valence-corrected chi connectivity index (χ0v) is 20.5. The van der Waals surface area contributed by atoms with Gasteiger partial charge in [0.25, 0.3) is 11.2 Å². The number of imidazole rings is 1. The highest BCUT2D eigenvalue weighted by atomic mass is 32.1. The van der Waals surface area contributed by atoms with Crippen molar-refractivity contribution in [2.75, 3.05) is 32.2 Å². The van der Waals surface area contributed by atoms with E-state index in [0.29, 0.717) is 50.4 Å². The van der Waals surface area contributed by atoms with Crippen LogP contribution in [0.15, 0.2) is 39.5 Å². The summed E-state index contributed by atoms with van der Waals surface area (Å²) in [5, 5.41) is 5.76. The molecule has 2 aliphatic heterocycles. The average Bonchev–Trinajstić information content (AvgIpc) is 3.70. The Morgan fingerprint density at radius 1 is 1.11 bits per heavy atom. The predicted molar refractivity (Wildman–Crippen MR) is 130 cm³/mol. The minimum absolute atomic E-state index is 0.240. The molecule has 12 heteroatoms. The van der Waals surface area contributed by atoms with Crippen molar-refractivity contribution in [3.05, 3.63) is 36.4 Å². The van der Waals surface area contributed by atoms with Gasteiger partial charge in [0.1, 0.15) is 41.3 Å². The Labute approximate surface area is 209 Å². The van der Waals surface area contributed by atoms with Gasteiger partial charge in [0.05, 0.1) is 38.0 Å². The summed E-state index contributed by atoms with van der Waals surface area (Å²) < 4.78 is 36.4. The van der Waals surface area contributed by atoms with E-state index in [1.165, 1.54) is 11.3 Å². The fourth-order valence-corrected chi connectivity index (χ4v) is 5.50. The Balaban J connectivity index is 1.16. The van der Waals surface area contributed by atoms with Gasteiger partial charge >= 0.3 is 0 Å². The molecule has 0 saturated carbocycles. The van der Waals surface area contributed by atoms with Crippen LogP contribution in [0.1, 0.15) is 18.5 Å². The van der Waals surface area contributed by atoms with Crippen LogP contribution in [0, 0.1) is 0 Å². The molecule has 2 atom stereocenters. The quantitative estimate of drug-likeness (QED) is 0.317. The fraction of sp³-hybridized carbons (Fsp3) is 0.375. The topological polar surface area (TPSA) is 110 Å². The Kier molecular flexibility index (Phi) is 5.03. The van der Waals surface area contributed by atoms with Crippen LogP contribution in [0.3, 0.4) is 0 Å². The summed E-state index contributed by atoms with van der Waals surface area (Å²) in [6.45, 7) is 1.85. The van der Waals surface area contributed by atoms with E-state index in [0.717, 1.165) is 31.3 Å². The summed E-state index contributed by atoms with van der Waals surface area (Å²) in [6, 6.07) is 6.18. The summed E-state index contributed by atoms with van der Waals surface area (Å²) >= 11 is 1.36. The maximum Gasteiger partial charge on any atom is 0.297 e. The molecule has 2 bridgehead atoms. The molecular formula is C24H23N5O6S. The highest BCUT2D eigenvalue weighted by Gasteiger charge is 2.35. The van der Waals surface area contributed by atoms with Crippen molar-refractivity contribution in [3.63, 3.8) is 0 Å². The number of benzene rings is 1. The molecule has 0 spiro atoms. The van der Waals surface area contributed by atoms with Crippen LogP contribution in [0.4, 0.5) is 6.01 Å². The third-order valence-electron chi connectivity index (χ3n) is 6.53. The molecule has 11 nitrogen and oxygen atoms in total. The van der Waals surface area contributed by atoms with E-state index in [4.69, 9.17) is 27.8 Å². The number of hydrogen-bond donors (Lipinski definition) is 0. The number of aromatic nitrogens is 4. The molecule has 2 saturated heterocycles. The largest absolute Gasteiger partial charge is 0.496 e. The third kappa shape index (κ3) is 3.64. The van der Waals surface area contributed by atoms with Crippen molar-refractivity contribution >= 4 is 33.3 Å². The predicted octanol–water partition coefficient (Wildman–Crippen LogP) is 4.16. The van der Waals surface area contributed by atoms with Gasteiger partial charge in [-0.2, -0.15) is 9.50 Å². The van der Waals surface area contributed by atoms with Gasteiger partial charge < -0.3 is 32.7 Å². The van der Waals surface area contributed by atoms with Crippen molar-refractivity contribution in [2.45, 2.75) is 31.7 Å². The molecular weight excluding hydrogens is 486 g/mol. The summed E-state index contributed by atoms with van der Waals surface area (Å²) in [5.74, 6) is 1.84. The molecule has 0 amide bonds. The first kappa shape index (κ1) is 21.5. The van der Waals surface area contributed by atoms with E-state index in [-0.39, 0.29) is 18.8 Å². The molecule has 0 N–H and O–H groups in total. The van der Waals surface area contributed by atoms with Gasteiger partial charge in [-0.15, -0.1) is 5.10 Å². The lowest BCUT2D eigenvalue weighted by Gasteiger charge is -2.30. The SMILES string of the molecule is COc1cc(OCc2coc(N3CC4CCC(C3)O4)n2)c2cc(-c3cnc4sc(OC)nn34)oc2c1. The lowest BCUT2D eigenvalue weighted by atomic mass is 10.2. The summed E-state index contributed by atoms with van der Waals surface area (Å²) in [7, 11) is 3.19. The van der Waals surface area contributed by atoms with Crippen molar-refractivity contribution < 1.29 is 27.8 Å². The summed E-state index contributed by atoms with van der Waals surface area (Å²) in [5.41, 5.74) is 2.04. The minimum atomic E-state index is 0.240. The van der Waals surface area contributed by atoms with Gasteiger partial charge in [0.15, 0.2) is 5.76 Å². The molecule has 2 unspecified atom stereocenters. The van der Waals surface area contributed by atoms with Crippen LogP contribution in [0.25, 0.3) is 27.4 Å². The number of hydrogen-bond acceptors (Lipinski definition) is 11. The Bertz CT molecular complexity index is 1540. The lowest BCUT2D eigenvalue weighted by Crippen LogP contribution is -2.42. The molecule has 4 aromatic heterocycles. The molecule has 2 fully saturated rings. The highest BCUT2D eigenvalue weighted by Crippen LogP contribution is 2.38. The molecule has 5 aromatic rings. The number of rotatable bonds is 7. The molecule has 6 heterocycles. The van der Waals surface area contributed by atoms with E-state index in [1.54, 1.807) is 31.2 Å². The third-order valence-corrected chi connectivity index (χ3v) is 7.42. The van der Waals surface area contributed by atoms with Crippen LogP contribution >= 0.6 is 11.3 Å². The number of fused-ring (bicyclic) bond motifs is 4. The molecule has 36 heavy (non-hydrogen) atoms. The van der Waals surface area contributed by atoms with E-state index in [9.17, 15) is 0 Å². The molecule has 2 aliphatic rings. The first-order valence-corrected chi connectivity index (χ1v) is 12.5. The van der Waals surface area contributed by atoms with E-state index < -0.39 is 0 Å². The first-order valence-electron chi connectivity index (χ1n) is 11.6. The zero-order valence-electron chi connectivity index (χ0n) is 19.7. The van der Waals surface area contributed by atoms with Gasteiger partial charge in [0, 0.05) is 25.2 Å². The molecule has 0 radical (unpaired) electrons. The normalized spacial score (nSPS) is 19.4. The van der Waals surface area contributed by atoms with Gasteiger partial charge in [-0.1, -0.05) is 0 Å². The van der Waals surface area contributed by atoms with Gasteiger partial charge in [-0.05, 0) is 30.2 Å². The van der Waals surface area contributed by atoms with E-state index in [2.05, 4.69) is 20.0 Å². The number of ether oxygens (including phenoxy) is 4. The second-order valence-electron chi connectivity index (χ2n) is 8.83. The zero-order chi connectivity index (χ0) is 24.2. The van der Waals surface area contributed by atoms with Crippen molar-refractivity contribution in [2.24, 2.45) is 0 Å².